The van der Waals surface area contributed by atoms with Crippen LogP contribution in [0.1, 0.15) is 64.0 Å². The number of carbonyl (C=O) groups is 2. The molecule has 17 heteroatoms. The zero-order valence-corrected chi connectivity index (χ0v) is 35.4. The maximum absolute atomic E-state index is 13.8. The van der Waals surface area contributed by atoms with Gasteiger partial charge in [-0.3, -0.25) is 9.59 Å². The summed E-state index contributed by atoms with van der Waals surface area (Å²) < 4.78 is 3.95. The van der Waals surface area contributed by atoms with E-state index in [2.05, 4.69) is 53.5 Å². The molecule has 2 amide bonds. The Bertz CT molecular complexity index is 3010. The summed E-state index contributed by atoms with van der Waals surface area (Å²) in [5, 5.41) is 33.3. The molecule has 8 aromatic rings. The van der Waals surface area contributed by atoms with Gasteiger partial charge in [0.25, 0.3) is 11.8 Å². The van der Waals surface area contributed by atoms with Gasteiger partial charge in [0, 0.05) is 58.8 Å². The summed E-state index contributed by atoms with van der Waals surface area (Å²) >= 11 is 3.30. The molecule has 62 heavy (non-hydrogen) atoms. The van der Waals surface area contributed by atoms with E-state index in [4.69, 9.17) is 4.98 Å². The van der Waals surface area contributed by atoms with Gasteiger partial charge in [0.2, 0.25) is 11.5 Å². The van der Waals surface area contributed by atoms with Crippen LogP contribution in [0.5, 0.6) is 0 Å². The van der Waals surface area contributed by atoms with Crippen molar-refractivity contribution < 1.29 is 14.5 Å². The summed E-state index contributed by atoms with van der Waals surface area (Å²) in [6.45, 7) is 7.77. The molecule has 8 heterocycles. The van der Waals surface area contributed by atoms with Gasteiger partial charge in [0.05, 0.1) is 12.1 Å². The Balaban J connectivity index is 0.828. The van der Waals surface area contributed by atoms with Crippen molar-refractivity contribution in [2.24, 2.45) is 0 Å². The third-order valence-corrected chi connectivity index (χ3v) is 13.4. The summed E-state index contributed by atoms with van der Waals surface area (Å²) in [4.78, 5) is 53.1. The van der Waals surface area contributed by atoms with Crippen LogP contribution in [0.25, 0.3) is 55.0 Å². The molecule has 308 valence electrons. The lowest BCUT2D eigenvalue weighted by molar-refractivity contribution is -0.389. The Morgan fingerprint density at radius 2 is 1.23 bits per heavy atom. The average Bonchev–Trinajstić information content (AvgIpc) is 4.14. The highest BCUT2D eigenvalue weighted by molar-refractivity contribution is 7.14. The van der Waals surface area contributed by atoms with Gasteiger partial charge in [-0.2, -0.15) is 0 Å². The molecule has 2 atom stereocenters. The fraction of sp³-hybridized carbons (Fsp3) is 0.200. The van der Waals surface area contributed by atoms with E-state index in [-0.39, 0.29) is 29.7 Å². The van der Waals surface area contributed by atoms with E-state index in [0.717, 1.165) is 38.6 Å². The molecule has 0 saturated carbocycles. The third-order valence-electron chi connectivity index (χ3n) is 11.5. The van der Waals surface area contributed by atoms with E-state index in [1.807, 2.05) is 96.3 Å². The van der Waals surface area contributed by atoms with Crippen molar-refractivity contribution in [3.05, 3.63) is 146 Å². The summed E-state index contributed by atoms with van der Waals surface area (Å²) in [5.41, 5.74) is 7.24. The summed E-state index contributed by atoms with van der Waals surface area (Å²) in [5.74, 6) is 2.00. The lowest BCUT2D eigenvalue weighted by Gasteiger charge is -2.33. The van der Waals surface area contributed by atoms with Crippen molar-refractivity contribution in [2.75, 3.05) is 13.1 Å². The Morgan fingerprint density at radius 3 is 1.81 bits per heavy atom. The maximum Gasteiger partial charge on any atom is 0.364 e. The second kappa shape index (κ2) is 15.7. The third kappa shape index (κ3) is 6.94. The number of aromatic nitrogens is 8. The number of rotatable bonds is 8. The first-order valence-electron chi connectivity index (χ1n) is 20.0. The standard InChI is InChI=1S/C45H37N11O4S2/c1-26-22-33(23-36(46-26)43-51-49-41-28(3)53(18-20-55(41)43)44(57)31-13-9-29(10-14-31)37-7-5-21-61-37)34-24-38(62-25-34)30-11-15-32(16-12-30)45(58)52-17-19-54-40(27(52)2)48-50-42(54)35-6-4-8-39(47-35)56(59)60/h4-16,21-25,27-28H,17-20H2,1-3H3/t27-,28-/m1/s1. The minimum Gasteiger partial charge on any atom is -0.358 e. The molecule has 10 rings (SSSR count). The van der Waals surface area contributed by atoms with Crippen LogP contribution < -0.4 is 0 Å². The molecule has 6 aromatic heterocycles. The normalized spacial score (nSPS) is 15.9. The van der Waals surface area contributed by atoms with E-state index in [1.165, 1.54) is 10.9 Å². The van der Waals surface area contributed by atoms with Crippen LogP contribution in [-0.2, 0) is 13.1 Å². The number of pyridine rings is 2. The molecular weight excluding hydrogens is 823 g/mol. The van der Waals surface area contributed by atoms with Crippen LogP contribution in [0, 0.1) is 17.0 Å². The second-order valence-corrected chi connectivity index (χ2v) is 17.1. The zero-order valence-electron chi connectivity index (χ0n) is 33.7. The molecule has 15 nitrogen and oxygen atoms in total. The highest BCUT2D eigenvalue weighted by Gasteiger charge is 2.34. The van der Waals surface area contributed by atoms with Crippen molar-refractivity contribution in [3.8, 4) is 55.0 Å². The smallest absolute Gasteiger partial charge is 0.358 e. The van der Waals surface area contributed by atoms with Gasteiger partial charge >= 0.3 is 5.82 Å². The fourth-order valence-electron chi connectivity index (χ4n) is 8.27. The Kier molecular flexibility index (Phi) is 9.83. The predicted molar refractivity (Wildman–Crippen MR) is 235 cm³/mol. The lowest BCUT2D eigenvalue weighted by Crippen LogP contribution is -2.41. The second-order valence-electron chi connectivity index (χ2n) is 15.3. The molecule has 0 N–H and O–H groups in total. The number of hydrogen-bond donors (Lipinski definition) is 0. The highest BCUT2D eigenvalue weighted by Crippen LogP contribution is 2.37. The van der Waals surface area contributed by atoms with Crippen molar-refractivity contribution >= 4 is 40.3 Å². The zero-order chi connectivity index (χ0) is 42.6. The van der Waals surface area contributed by atoms with Crippen LogP contribution in [0.4, 0.5) is 5.82 Å². The Hall–Kier alpha value is -7.24. The molecule has 2 aliphatic rings. The van der Waals surface area contributed by atoms with Gasteiger partial charge in [0.15, 0.2) is 17.5 Å². The largest absolute Gasteiger partial charge is 0.364 e. The van der Waals surface area contributed by atoms with E-state index in [0.29, 0.717) is 66.2 Å². The molecule has 0 fully saturated rings. The number of nitrogens with zero attached hydrogens (tertiary/aromatic N) is 11. The average molecular weight is 860 g/mol. The summed E-state index contributed by atoms with van der Waals surface area (Å²) in [7, 11) is 0. The van der Waals surface area contributed by atoms with Gasteiger partial charge in [-0.05, 0) is 124 Å². The van der Waals surface area contributed by atoms with Gasteiger partial charge in [-0.1, -0.05) is 30.3 Å². The van der Waals surface area contributed by atoms with Crippen molar-refractivity contribution in [1.29, 1.82) is 0 Å². The number of amides is 2. The quantitative estimate of drug-likeness (QED) is 0.106. The van der Waals surface area contributed by atoms with E-state index >= 15 is 0 Å². The van der Waals surface area contributed by atoms with E-state index < -0.39 is 4.92 Å². The molecule has 2 aliphatic heterocycles. The monoisotopic (exact) mass is 859 g/mol. The number of carbonyl (C=O) groups excluding carboxylic acids is 2. The molecule has 0 unspecified atom stereocenters. The Labute approximate surface area is 363 Å². The van der Waals surface area contributed by atoms with Gasteiger partial charge in [-0.15, -0.1) is 43.1 Å². The van der Waals surface area contributed by atoms with Crippen LogP contribution in [-0.4, -0.2) is 79.1 Å². The minimum absolute atomic E-state index is 0.0328. The van der Waals surface area contributed by atoms with Crippen LogP contribution in [0.15, 0.2) is 108 Å². The van der Waals surface area contributed by atoms with Gasteiger partial charge < -0.3 is 29.0 Å². The molecule has 0 spiro atoms. The number of benzene rings is 2. The van der Waals surface area contributed by atoms with Crippen LogP contribution in [0.2, 0.25) is 0 Å². The molecular formula is C45H37N11O4S2. The molecule has 0 bridgehead atoms. The van der Waals surface area contributed by atoms with Crippen molar-refractivity contribution in [2.45, 2.75) is 45.9 Å². The molecule has 0 aliphatic carbocycles. The van der Waals surface area contributed by atoms with Crippen LogP contribution >= 0.6 is 22.7 Å². The van der Waals surface area contributed by atoms with E-state index in [1.54, 1.807) is 39.7 Å². The number of aryl methyl sites for hydroxylation is 1. The lowest BCUT2D eigenvalue weighted by atomic mass is 10.0. The molecule has 0 saturated heterocycles. The first kappa shape index (κ1) is 38.9. The van der Waals surface area contributed by atoms with Crippen LogP contribution in [0.3, 0.4) is 0 Å². The number of fused-ring (bicyclic) bond motifs is 2. The Morgan fingerprint density at radius 1 is 0.629 bits per heavy atom. The van der Waals surface area contributed by atoms with E-state index in [9.17, 15) is 19.7 Å². The summed E-state index contributed by atoms with van der Waals surface area (Å²) in [6.07, 6.45) is 0. The highest BCUT2D eigenvalue weighted by atomic mass is 32.1. The number of nitro groups is 1. The number of hydrogen-bond acceptors (Lipinski definition) is 12. The fourth-order valence-corrected chi connectivity index (χ4v) is 9.93. The van der Waals surface area contributed by atoms with Gasteiger partial charge in [-0.25, -0.2) is 4.98 Å². The summed E-state index contributed by atoms with van der Waals surface area (Å²) in [6, 6.07) is 29.7. The molecule has 2 aromatic carbocycles. The van der Waals surface area contributed by atoms with Crippen molar-refractivity contribution in [3.63, 3.8) is 0 Å². The first-order valence-corrected chi connectivity index (χ1v) is 21.8. The van der Waals surface area contributed by atoms with Gasteiger partial charge in [0.1, 0.15) is 5.69 Å². The predicted octanol–water partition coefficient (Wildman–Crippen LogP) is 8.77. The maximum atomic E-state index is 13.8. The minimum atomic E-state index is -0.541. The molecule has 0 radical (unpaired) electrons. The first-order chi connectivity index (χ1) is 30.1. The SMILES string of the molecule is Cc1cc(-c2csc(-c3ccc(C(=O)N4CCn5c(-c6cccc([N+](=O)[O-])n6)nnc5[C@H]4C)cc3)c2)cc(-c2nnc3n2CCN(C(=O)c2ccc(-c4cccs4)cc2)[C@@H]3C)n1. The topological polar surface area (TPSA) is 171 Å². The van der Waals surface area contributed by atoms with Crippen molar-refractivity contribution in [1.82, 2.24) is 49.3 Å². The number of thiophene rings is 2.